The van der Waals surface area contributed by atoms with Crippen LogP contribution in [0.1, 0.15) is 5.56 Å². The zero-order valence-corrected chi connectivity index (χ0v) is 18.2. The number of anilines is 2. The summed E-state index contributed by atoms with van der Waals surface area (Å²) in [5.74, 6) is -0.396. The highest BCUT2D eigenvalue weighted by atomic mass is 32.2. The smallest absolute Gasteiger partial charge is 0.271 e. The average Bonchev–Trinajstić information content (AvgIpc) is 2.78. The number of methoxy groups -OCH3 is 1. The number of amides is 1. The van der Waals surface area contributed by atoms with E-state index in [1.54, 1.807) is 43.3 Å². The summed E-state index contributed by atoms with van der Waals surface area (Å²) in [5.41, 5.74) is 0.952. The number of sulfonamides is 1. The molecule has 0 aliphatic rings. The van der Waals surface area contributed by atoms with Gasteiger partial charge in [-0.2, -0.15) is 0 Å². The van der Waals surface area contributed by atoms with Crippen LogP contribution >= 0.6 is 0 Å². The van der Waals surface area contributed by atoms with E-state index in [-0.39, 0.29) is 27.7 Å². The summed E-state index contributed by atoms with van der Waals surface area (Å²) < 4.78 is 33.2. The predicted octanol–water partition coefficient (Wildman–Crippen LogP) is 3.75. The number of rotatable bonds is 8. The quantitative estimate of drug-likeness (QED) is 0.408. The Morgan fingerprint density at radius 2 is 1.78 bits per heavy atom. The Labute approximate surface area is 185 Å². The lowest BCUT2D eigenvalue weighted by Crippen LogP contribution is -2.38. The van der Waals surface area contributed by atoms with Crippen LogP contribution in [0.5, 0.6) is 5.75 Å². The summed E-state index contributed by atoms with van der Waals surface area (Å²) >= 11 is 0. The summed E-state index contributed by atoms with van der Waals surface area (Å²) in [6.45, 7) is 1.22. The van der Waals surface area contributed by atoms with Gasteiger partial charge in [0, 0.05) is 17.8 Å². The molecule has 3 rings (SSSR count). The predicted molar refractivity (Wildman–Crippen MR) is 120 cm³/mol. The number of nitrogens with one attached hydrogen (secondary N) is 1. The minimum Gasteiger partial charge on any atom is -0.495 e. The molecule has 0 atom stereocenters. The highest BCUT2D eigenvalue weighted by Gasteiger charge is 2.29. The van der Waals surface area contributed by atoms with Crippen molar-refractivity contribution >= 4 is 33.0 Å². The first kappa shape index (κ1) is 22.8. The number of nitro groups is 1. The molecule has 0 unspecified atom stereocenters. The Bertz CT molecular complexity index is 1250. The summed E-state index contributed by atoms with van der Waals surface area (Å²) in [7, 11) is -2.72. The van der Waals surface area contributed by atoms with Gasteiger partial charge in [0.05, 0.1) is 22.6 Å². The molecule has 0 aliphatic heterocycles. The number of nitro benzene ring substituents is 1. The van der Waals surface area contributed by atoms with Crippen LogP contribution in [0.25, 0.3) is 0 Å². The first-order valence-electron chi connectivity index (χ1n) is 9.49. The van der Waals surface area contributed by atoms with Crippen molar-refractivity contribution in [1.82, 2.24) is 0 Å². The van der Waals surface area contributed by atoms with Crippen LogP contribution in [-0.2, 0) is 14.8 Å². The third kappa shape index (κ3) is 5.03. The highest BCUT2D eigenvalue weighted by Crippen LogP contribution is 2.33. The minimum absolute atomic E-state index is 0.00621. The molecule has 1 amide bonds. The van der Waals surface area contributed by atoms with E-state index in [0.29, 0.717) is 0 Å². The first-order valence-corrected chi connectivity index (χ1v) is 10.9. The number of aryl methyl sites for hydroxylation is 1. The molecule has 166 valence electrons. The molecule has 0 heterocycles. The van der Waals surface area contributed by atoms with E-state index >= 15 is 0 Å². The second-order valence-corrected chi connectivity index (χ2v) is 8.72. The molecule has 32 heavy (non-hydrogen) atoms. The topological polar surface area (TPSA) is 119 Å². The molecule has 1 N–H and O–H groups in total. The molecule has 0 fully saturated rings. The molecule has 3 aromatic carbocycles. The molecule has 3 aromatic rings. The number of hydrogen-bond donors (Lipinski definition) is 1. The lowest BCUT2D eigenvalue weighted by molar-refractivity contribution is -0.384. The van der Waals surface area contributed by atoms with Gasteiger partial charge in [-0.3, -0.25) is 19.2 Å². The first-order chi connectivity index (χ1) is 15.2. The lowest BCUT2D eigenvalue weighted by atomic mass is 10.2. The highest BCUT2D eigenvalue weighted by molar-refractivity contribution is 7.92. The van der Waals surface area contributed by atoms with Crippen molar-refractivity contribution in [2.45, 2.75) is 11.8 Å². The SMILES string of the molecule is COc1ccc(C)cc1N(CC(=O)Nc1cccc([N+](=O)[O-])c1)S(=O)(=O)c1ccccc1. The van der Waals surface area contributed by atoms with E-state index in [1.807, 2.05) is 0 Å². The summed E-state index contributed by atoms with van der Waals surface area (Å²) in [6, 6.07) is 18.1. The number of carbonyl (C=O) groups excluding carboxylic acids is 1. The molecule has 0 saturated carbocycles. The molecule has 9 nitrogen and oxygen atoms in total. The zero-order valence-electron chi connectivity index (χ0n) is 17.4. The van der Waals surface area contributed by atoms with Crippen LogP contribution in [-0.4, -0.2) is 32.9 Å². The average molecular weight is 455 g/mol. The van der Waals surface area contributed by atoms with Crippen LogP contribution in [0.2, 0.25) is 0 Å². The largest absolute Gasteiger partial charge is 0.495 e. The van der Waals surface area contributed by atoms with Crippen molar-refractivity contribution in [3.8, 4) is 5.75 Å². The van der Waals surface area contributed by atoms with Crippen molar-refractivity contribution < 1.29 is 22.9 Å². The fourth-order valence-corrected chi connectivity index (χ4v) is 4.49. The van der Waals surface area contributed by atoms with E-state index in [4.69, 9.17) is 4.74 Å². The fourth-order valence-electron chi connectivity index (χ4n) is 3.04. The van der Waals surface area contributed by atoms with E-state index in [1.165, 1.54) is 43.5 Å². The van der Waals surface area contributed by atoms with Crippen LogP contribution < -0.4 is 14.4 Å². The van der Waals surface area contributed by atoms with Crippen molar-refractivity contribution in [3.63, 3.8) is 0 Å². The van der Waals surface area contributed by atoms with Gasteiger partial charge in [0.1, 0.15) is 12.3 Å². The maximum absolute atomic E-state index is 13.4. The van der Waals surface area contributed by atoms with E-state index in [0.717, 1.165) is 9.87 Å². The van der Waals surface area contributed by atoms with Gasteiger partial charge in [-0.15, -0.1) is 0 Å². The standard InChI is InChI=1S/C22H21N3O6S/c1-16-11-12-21(31-2)20(13-16)24(32(29,30)19-9-4-3-5-10-19)15-22(26)23-17-7-6-8-18(14-17)25(27)28/h3-14H,15H2,1-2H3,(H,23,26). The third-order valence-electron chi connectivity index (χ3n) is 4.56. The van der Waals surface area contributed by atoms with Crippen molar-refractivity contribution in [2.75, 3.05) is 23.3 Å². The maximum atomic E-state index is 13.4. The molecule has 0 bridgehead atoms. The Kier molecular flexibility index (Phi) is 6.74. The number of ether oxygens (including phenoxy) is 1. The number of non-ortho nitro benzene ring substituents is 1. The summed E-state index contributed by atoms with van der Waals surface area (Å²) in [4.78, 5) is 23.2. The van der Waals surface area contributed by atoms with E-state index in [9.17, 15) is 23.3 Å². The normalized spacial score (nSPS) is 10.9. The number of hydrogen-bond acceptors (Lipinski definition) is 6. The van der Waals surface area contributed by atoms with Crippen LogP contribution in [0.15, 0.2) is 77.7 Å². The molecular formula is C22H21N3O6S. The molecule has 0 aromatic heterocycles. The molecular weight excluding hydrogens is 434 g/mol. The zero-order chi connectivity index (χ0) is 23.3. The molecule has 10 heteroatoms. The van der Waals surface area contributed by atoms with Gasteiger partial charge in [-0.25, -0.2) is 8.42 Å². The van der Waals surface area contributed by atoms with Crippen LogP contribution in [0.4, 0.5) is 17.1 Å². The van der Waals surface area contributed by atoms with Crippen molar-refractivity contribution in [1.29, 1.82) is 0 Å². The lowest BCUT2D eigenvalue weighted by Gasteiger charge is -2.26. The van der Waals surface area contributed by atoms with Crippen molar-refractivity contribution in [2.24, 2.45) is 0 Å². The Balaban J connectivity index is 2.00. The Morgan fingerprint density at radius 1 is 1.06 bits per heavy atom. The Morgan fingerprint density at radius 3 is 2.44 bits per heavy atom. The summed E-state index contributed by atoms with van der Waals surface area (Å²) in [5, 5.41) is 13.5. The second kappa shape index (κ2) is 9.48. The molecule has 0 aliphatic carbocycles. The van der Waals surface area contributed by atoms with Gasteiger partial charge in [0.25, 0.3) is 15.7 Å². The molecule has 0 saturated heterocycles. The Hall–Kier alpha value is -3.92. The molecule has 0 spiro atoms. The van der Waals surface area contributed by atoms with Crippen molar-refractivity contribution in [3.05, 3.63) is 88.5 Å². The number of carbonyl (C=O) groups is 1. The second-order valence-electron chi connectivity index (χ2n) is 6.86. The number of nitrogens with zero attached hydrogens (tertiary/aromatic N) is 2. The third-order valence-corrected chi connectivity index (χ3v) is 6.34. The van der Waals surface area contributed by atoms with Gasteiger partial charge in [-0.1, -0.05) is 30.3 Å². The van der Waals surface area contributed by atoms with Crippen LogP contribution in [0.3, 0.4) is 0 Å². The van der Waals surface area contributed by atoms with Gasteiger partial charge in [0.15, 0.2) is 0 Å². The molecule has 0 radical (unpaired) electrons. The summed E-state index contributed by atoms with van der Waals surface area (Å²) in [6.07, 6.45) is 0. The van der Waals surface area contributed by atoms with Gasteiger partial charge >= 0.3 is 0 Å². The maximum Gasteiger partial charge on any atom is 0.271 e. The monoisotopic (exact) mass is 455 g/mol. The fraction of sp³-hybridized carbons (Fsp3) is 0.136. The van der Waals surface area contributed by atoms with Crippen LogP contribution in [0, 0.1) is 17.0 Å². The van der Waals surface area contributed by atoms with E-state index < -0.39 is 27.4 Å². The van der Waals surface area contributed by atoms with Gasteiger partial charge in [-0.05, 0) is 42.8 Å². The van der Waals surface area contributed by atoms with Gasteiger partial charge < -0.3 is 10.1 Å². The van der Waals surface area contributed by atoms with Gasteiger partial charge in [0.2, 0.25) is 5.91 Å². The number of benzene rings is 3. The van der Waals surface area contributed by atoms with E-state index in [2.05, 4.69) is 5.32 Å². The minimum atomic E-state index is -4.13.